The first-order valence-corrected chi connectivity index (χ1v) is 6.55. The lowest BCUT2D eigenvalue weighted by atomic mass is 10.0. The fourth-order valence-corrected chi connectivity index (χ4v) is 2.96. The molecule has 0 atom stereocenters. The molecule has 1 fully saturated rings. The molecule has 0 unspecified atom stereocenters. The molecular formula is C15H22N2O2. The fourth-order valence-electron chi connectivity index (χ4n) is 2.96. The maximum absolute atomic E-state index is 11.0. The van der Waals surface area contributed by atoms with E-state index in [9.17, 15) is 4.79 Å². The second-order valence-corrected chi connectivity index (χ2v) is 6.45. The summed E-state index contributed by atoms with van der Waals surface area (Å²) in [4.78, 5) is 11.0. The second-order valence-electron chi connectivity index (χ2n) is 6.45. The normalized spacial score (nSPS) is 20.0. The van der Waals surface area contributed by atoms with Gasteiger partial charge in [0, 0.05) is 6.54 Å². The molecule has 104 valence electrons. The Kier molecular flexibility index (Phi) is 3.00. The summed E-state index contributed by atoms with van der Waals surface area (Å²) in [6.45, 7) is 9.85. The van der Waals surface area contributed by atoms with Crippen molar-refractivity contribution in [2.24, 2.45) is 16.7 Å². The van der Waals surface area contributed by atoms with E-state index in [0.717, 1.165) is 6.54 Å². The number of hydrogen-bond acceptors (Lipinski definition) is 3. The van der Waals surface area contributed by atoms with Crippen molar-refractivity contribution in [3.05, 3.63) is 23.8 Å². The van der Waals surface area contributed by atoms with Gasteiger partial charge in [-0.25, -0.2) is 4.79 Å². The summed E-state index contributed by atoms with van der Waals surface area (Å²) in [6, 6.07) is 5.06. The van der Waals surface area contributed by atoms with Gasteiger partial charge in [-0.3, -0.25) is 0 Å². The minimum Gasteiger partial charge on any atom is -0.478 e. The van der Waals surface area contributed by atoms with Gasteiger partial charge in [-0.2, -0.15) is 0 Å². The van der Waals surface area contributed by atoms with E-state index in [1.165, 1.54) is 6.07 Å². The van der Waals surface area contributed by atoms with Crippen molar-refractivity contribution in [1.29, 1.82) is 0 Å². The minimum absolute atomic E-state index is 0.152. The van der Waals surface area contributed by atoms with Gasteiger partial charge >= 0.3 is 5.97 Å². The summed E-state index contributed by atoms with van der Waals surface area (Å²) in [5.74, 6) is -0.430. The molecule has 4 nitrogen and oxygen atoms in total. The van der Waals surface area contributed by atoms with Gasteiger partial charge in [0.2, 0.25) is 0 Å². The molecule has 0 saturated heterocycles. The van der Waals surface area contributed by atoms with E-state index in [-0.39, 0.29) is 5.56 Å². The predicted molar refractivity (Wildman–Crippen MR) is 77.4 cm³/mol. The van der Waals surface area contributed by atoms with Crippen LogP contribution in [0.3, 0.4) is 0 Å². The van der Waals surface area contributed by atoms with Crippen LogP contribution in [0.15, 0.2) is 18.2 Å². The average molecular weight is 262 g/mol. The summed E-state index contributed by atoms with van der Waals surface area (Å²) in [5, 5.41) is 12.3. The van der Waals surface area contributed by atoms with Crippen molar-refractivity contribution < 1.29 is 9.90 Å². The first-order valence-electron chi connectivity index (χ1n) is 6.55. The maximum Gasteiger partial charge on any atom is 0.337 e. The van der Waals surface area contributed by atoms with Crippen LogP contribution in [-0.4, -0.2) is 17.6 Å². The number of nitrogens with two attached hydrogens (primary N) is 1. The van der Waals surface area contributed by atoms with Crippen molar-refractivity contribution in [2.45, 2.75) is 27.7 Å². The zero-order valence-electron chi connectivity index (χ0n) is 11.9. The molecule has 2 rings (SSSR count). The molecule has 0 aliphatic heterocycles. The topological polar surface area (TPSA) is 75.3 Å². The van der Waals surface area contributed by atoms with Crippen LogP contribution in [0, 0.1) is 16.7 Å². The predicted octanol–water partition coefficient (Wildman–Crippen LogP) is 3.06. The number of carboxylic acid groups (broad SMARTS) is 1. The Hall–Kier alpha value is -1.71. The number of rotatable bonds is 4. The van der Waals surface area contributed by atoms with Gasteiger partial charge in [0.1, 0.15) is 0 Å². The van der Waals surface area contributed by atoms with Crippen molar-refractivity contribution in [2.75, 3.05) is 17.6 Å². The monoisotopic (exact) mass is 262 g/mol. The Morgan fingerprint density at radius 1 is 1.32 bits per heavy atom. The molecule has 0 spiro atoms. The van der Waals surface area contributed by atoms with E-state index in [0.29, 0.717) is 28.1 Å². The van der Waals surface area contributed by atoms with Crippen LogP contribution in [0.5, 0.6) is 0 Å². The smallest absolute Gasteiger partial charge is 0.337 e. The Morgan fingerprint density at radius 2 is 1.89 bits per heavy atom. The van der Waals surface area contributed by atoms with Crippen molar-refractivity contribution >= 4 is 17.3 Å². The number of anilines is 2. The van der Waals surface area contributed by atoms with Crippen molar-refractivity contribution in [1.82, 2.24) is 0 Å². The average Bonchev–Trinajstić information content (AvgIpc) is 2.68. The molecule has 1 aliphatic carbocycles. The molecule has 0 radical (unpaired) electrons. The number of hydrogen-bond donors (Lipinski definition) is 3. The minimum atomic E-state index is -0.992. The van der Waals surface area contributed by atoms with Crippen LogP contribution in [0.4, 0.5) is 11.4 Å². The Morgan fingerprint density at radius 3 is 2.37 bits per heavy atom. The van der Waals surface area contributed by atoms with Crippen LogP contribution in [-0.2, 0) is 0 Å². The third-order valence-corrected chi connectivity index (χ3v) is 5.15. The molecule has 0 heterocycles. The van der Waals surface area contributed by atoms with Crippen LogP contribution in [0.25, 0.3) is 0 Å². The Balaban J connectivity index is 2.10. The third kappa shape index (κ3) is 2.05. The maximum atomic E-state index is 11.0. The highest BCUT2D eigenvalue weighted by Gasteiger charge is 2.64. The molecule has 1 saturated carbocycles. The van der Waals surface area contributed by atoms with E-state index < -0.39 is 5.97 Å². The summed E-state index contributed by atoms with van der Waals surface area (Å²) in [7, 11) is 0. The molecule has 1 aliphatic rings. The van der Waals surface area contributed by atoms with Crippen LogP contribution in [0.1, 0.15) is 38.1 Å². The lowest BCUT2D eigenvalue weighted by Gasteiger charge is -2.12. The van der Waals surface area contributed by atoms with E-state index >= 15 is 0 Å². The Bertz CT molecular complexity index is 507. The molecule has 4 heteroatoms. The molecule has 0 bridgehead atoms. The first kappa shape index (κ1) is 13.7. The molecule has 1 aromatic rings. The van der Waals surface area contributed by atoms with Crippen LogP contribution >= 0.6 is 0 Å². The van der Waals surface area contributed by atoms with Crippen LogP contribution < -0.4 is 11.1 Å². The van der Waals surface area contributed by atoms with Crippen molar-refractivity contribution in [3.63, 3.8) is 0 Å². The highest BCUT2D eigenvalue weighted by atomic mass is 16.4. The highest BCUT2D eigenvalue weighted by Crippen LogP contribution is 2.68. The molecule has 0 amide bonds. The number of benzene rings is 1. The number of aromatic carboxylic acids is 1. The fraction of sp³-hybridized carbons (Fsp3) is 0.533. The molecule has 19 heavy (non-hydrogen) atoms. The number of nitrogens with one attached hydrogen (secondary N) is 1. The quantitative estimate of drug-likeness (QED) is 0.729. The molecule has 0 aromatic heterocycles. The Labute approximate surface area is 114 Å². The van der Waals surface area contributed by atoms with Gasteiger partial charge in [-0.05, 0) is 28.9 Å². The largest absolute Gasteiger partial charge is 0.478 e. The van der Waals surface area contributed by atoms with E-state index in [2.05, 4.69) is 33.0 Å². The third-order valence-electron chi connectivity index (χ3n) is 5.15. The van der Waals surface area contributed by atoms with E-state index in [4.69, 9.17) is 10.8 Å². The molecule has 1 aromatic carbocycles. The summed E-state index contributed by atoms with van der Waals surface area (Å²) < 4.78 is 0. The zero-order chi connectivity index (χ0) is 14.4. The lowest BCUT2D eigenvalue weighted by molar-refractivity contribution is 0.0698. The second kappa shape index (κ2) is 4.15. The van der Waals surface area contributed by atoms with Crippen LogP contribution in [0.2, 0.25) is 0 Å². The summed E-state index contributed by atoms with van der Waals surface area (Å²) >= 11 is 0. The summed E-state index contributed by atoms with van der Waals surface area (Å²) in [5.41, 5.74) is 7.66. The molecular weight excluding hydrogens is 240 g/mol. The van der Waals surface area contributed by atoms with E-state index in [1.54, 1.807) is 6.07 Å². The summed E-state index contributed by atoms with van der Waals surface area (Å²) in [6.07, 6.45) is 0. The number of para-hydroxylation sites is 1. The lowest BCUT2D eigenvalue weighted by Crippen LogP contribution is -2.11. The highest BCUT2D eigenvalue weighted by molar-refractivity contribution is 5.97. The van der Waals surface area contributed by atoms with Gasteiger partial charge in [0.25, 0.3) is 0 Å². The van der Waals surface area contributed by atoms with Gasteiger partial charge in [0.05, 0.1) is 16.9 Å². The SMILES string of the molecule is CC1(C)C(CNc2cccc(C(=O)O)c2N)C1(C)C. The zero-order valence-corrected chi connectivity index (χ0v) is 11.9. The number of nitrogen functional groups attached to an aromatic ring is 1. The number of carbonyl (C=O) groups is 1. The van der Waals surface area contributed by atoms with E-state index in [1.807, 2.05) is 6.07 Å². The van der Waals surface area contributed by atoms with Crippen molar-refractivity contribution in [3.8, 4) is 0 Å². The molecule has 4 N–H and O–H groups in total. The van der Waals surface area contributed by atoms with Gasteiger partial charge in [0.15, 0.2) is 0 Å². The van der Waals surface area contributed by atoms with Gasteiger partial charge in [-0.1, -0.05) is 33.8 Å². The number of carboxylic acids is 1. The van der Waals surface area contributed by atoms with Gasteiger partial charge in [-0.15, -0.1) is 0 Å². The first-order chi connectivity index (χ1) is 8.69. The van der Waals surface area contributed by atoms with Gasteiger partial charge < -0.3 is 16.2 Å². The standard InChI is InChI=1S/C15H22N2O2/c1-14(2)11(15(14,3)4)8-17-10-7-5-6-9(12(10)16)13(18)19/h5-7,11,17H,8,16H2,1-4H3,(H,18,19).